The van der Waals surface area contributed by atoms with E-state index in [1.807, 2.05) is 12.1 Å². The average molecular weight is 187 g/mol. The van der Waals surface area contributed by atoms with E-state index < -0.39 is 0 Å². The SMILES string of the molecule is [CH]c1ccc(CN2CCC(C)C2)cc1. The van der Waals surface area contributed by atoms with E-state index in [1.165, 1.54) is 25.1 Å². The number of hydrogen-bond acceptors (Lipinski definition) is 1. The maximum atomic E-state index is 5.64. The molecule has 74 valence electrons. The predicted molar refractivity (Wildman–Crippen MR) is 58.9 cm³/mol. The van der Waals surface area contributed by atoms with Crippen LogP contribution in [-0.2, 0) is 6.54 Å². The van der Waals surface area contributed by atoms with E-state index in [4.69, 9.17) is 6.92 Å². The Hall–Kier alpha value is -0.820. The van der Waals surface area contributed by atoms with Gasteiger partial charge in [-0.1, -0.05) is 31.2 Å². The van der Waals surface area contributed by atoms with Crippen LogP contribution in [0.1, 0.15) is 24.5 Å². The summed E-state index contributed by atoms with van der Waals surface area (Å²) in [5, 5.41) is 0. The molecule has 1 fully saturated rings. The van der Waals surface area contributed by atoms with Gasteiger partial charge in [0.25, 0.3) is 0 Å². The van der Waals surface area contributed by atoms with Crippen molar-refractivity contribution < 1.29 is 0 Å². The monoisotopic (exact) mass is 187 g/mol. The molecule has 1 unspecified atom stereocenters. The Labute approximate surface area is 86.7 Å². The fourth-order valence-corrected chi connectivity index (χ4v) is 2.05. The molecular formula is C13H17N. The second kappa shape index (κ2) is 4.14. The predicted octanol–water partition coefficient (Wildman–Crippen LogP) is 2.59. The highest BCUT2D eigenvalue weighted by Gasteiger charge is 2.17. The molecule has 1 aliphatic heterocycles. The summed E-state index contributed by atoms with van der Waals surface area (Å²) in [6, 6.07) is 8.21. The molecule has 2 radical (unpaired) electrons. The third-order valence-corrected chi connectivity index (χ3v) is 2.89. The quantitative estimate of drug-likeness (QED) is 0.688. The van der Waals surface area contributed by atoms with Crippen molar-refractivity contribution in [1.82, 2.24) is 4.90 Å². The number of rotatable bonds is 2. The van der Waals surface area contributed by atoms with Gasteiger partial charge in [-0.3, -0.25) is 4.90 Å². The first-order valence-corrected chi connectivity index (χ1v) is 5.31. The van der Waals surface area contributed by atoms with Gasteiger partial charge in [-0.05, 0) is 36.9 Å². The van der Waals surface area contributed by atoms with E-state index in [1.54, 1.807) is 0 Å². The second-order valence-corrected chi connectivity index (χ2v) is 4.37. The standard InChI is InChI=1S/C13H17N/c1-11-3-5-13(6-4-11)10-14-8-7-12(2)9-14/h1,3-6,12H,7-10H2,2H3. The van der Waals surface area contributed by atoms with E-state index in [-0.39, 0.29) is 0 Å². The van der Waals surface area contributed by atoms with Crippen LogP contribution in [-0.4, -0.2) is 18.0 Å². The van der Waals surface area contributed by atoms with Crippen molar-refractivity contribution in [2.24, 2.45) is 5.92 Å². The fourth-order valence-electron chi connectivity index (χ4n) is 2.05. The second-order valence-electron chi connectivity index (χ2n) is 4.37. The summed E-state index contributed by atoms with van der Waals surface area (Å²) in [6.45, 7) is 11.5. The Morgan fingerprint density at radius 2 is 2.07 bits per heavy atom. The fraction of sp³-hybridized carbons (Fsp3) is 0.462. The van der Waals surface area contributed by atoms with Crippen molar-refractivity contribution >= 4 is 0 Å². The lowest BCUT2D eigenvalue weighted by atomic mass is 10.1. The molecule has 1 heterocycles. The Morgan fingerprint density at radius 3 is 2.64 bits per heavy atom. The molecule has 2 rings (SSSR count). The molecule has 0 N–H and O–H groups in total. The van der Waals surface area contributed by atoms with E-state index >= 15 is 0 Å². The van der Waals surface area contributed by atoms with Gasteiger partial charge in [0.05, 0.1) is 0 Å². The minimum atomic E-state index is 0.850. The summed E-state index contributed by atoms with van der Waals surface area (Å²) in [5.74, 6) is 0.865. The van der Waals surface area contributed by atoms with Crippen molar-refractivity contribution in [3.63, 3.8) is 0 Å². The molecule has 0 spiro atoms. The smallest absolute Gasteiger partial charge is 0.0233 e. The number of benzene rings is 1. The highest BCUT2D eigenvalue weighted by Crippen LogP contribution is 2.17. The van der Waals surface area contributed by atoms with E-state index in [0.717, 1.165) is 18.0 Å². The van der Waals surface area contributed by atoms with E-state index in [0.29, 0.717) is 0 Å². The maximum Gasteiger partial charge on any atom is 0.0233 e. The zero-order valence-corrected chi connectivity index (χ0v) is 8.74. The van der Waals surface area contributed by atoms with Crippen LogP contribution in [0, 0.1) is 12.8 Å². The Morgan fingerprint density at radius 1 is 1.36 bits per heavy atom. The molecule has 1 aromatic rings. The minimum absolute atomic E-state index is 0.850. The summed E-state index contributed by atoms with van der Waals surface area (Å²) in [6.07, 6.45) is 1.34. The van der Waals surface area contributed by atoms with Crippen LogP contribution in [0.2, 0.25) is 0 Å². The first-order valence-electron chi connectivity index (χ1n) is 5.31. The molecule has 0 saturated carbocycles. The van der Waals surface area contributed by atoms with Crippen molar-refractivity contribution in [3.8, 4) is 0 Å². The van der Waals surface area contributed by atoms with Gasteiger partial charge in [-0.25, -0.2) is 0 Å². The topological polar surface area (TPSA) is 3.24 Å². The number of nitrogens with zero attached hydrogens (tertiary/aromatic N) is 1. The molecule has 0 amide bonds. The molecule has 1 nitrogen and oxygen atoms in total. The van der Waals surface area contributed by atoms with Gasteiger partial charge >= 0.3 is 0 Å². The van der Waals surface area contributed by atoms with Gasteiger partial charge in [-0.15, -0.1) is 0 Å². The van der Waals surface area contributed by atoms with Crippen LogP contribution >= 0.6 is 0 Å². The van der Waals surface area contributed by atoms with Gasteiger partial charge in [0.1, 0.15) is 0 Å². The van der Waals surface area contributed by atoms with Crippen molar-refractivity contribution in [3.05, 3.63) is 42.3 Å². The molecule has 14 heavy (non-hydrogen) atoms. The molecular weight excluding hydrogens is 170 g/mol. The van der Waals surface area contributed by atoms with Crippen LogP contribution in [0.5, 0.6) is 0 Å². The zero-order valence-electron chi connectivity index (χ0n) is 8.74. The summed E-state index contributed by atoms with van der Waals surface area (Å²) < 4.78 is 0. The Kier molecular flexibility index (Phi) is 2.87. The molecule has 1 saturated heterocycles. The van der Waals surface area contributed by atoms with Crippen molar-refractivity contribution in [2.45, 2.75) is 19.9 Å². The van der Waals surface area contributed by atoms with Gasteiger partial charge in [0.2, 0.25) is 0 Å². The Balaban J connectivity index is 1.94. The maximum absolute atomic E-state index is 5.64. The molecule has 0 bridgehead atoms. The van der Waals surface area contributed by atoms with Gasteiger partial charge in [0, 0.05) is 13.1 Å². The van der Waals surface area contributed by atoms with Gasteiger partial charge < -0.3 is 0 Å². The van der Waals surface area contributed by atoms with Crippen LogP contribution in [0.4, 0.5) is 0 Å². The molecule has 1 atom stereocenters. The first kappa shape index (κ1) is 9.72. The number of likely N-dealkylation sites (tertiary alicyclic amines) is 1. The summed E-state index contributed by atoms with van der Waals surface area (Å²) in [7, 11) is 0. The van der Waals surface area contributed by atoms with Crippen LogP contribution < -0.4 is 0 Å². The zero-order chi connectivity index (χ0) is 9.97. The Bertz CT molecular complexity index is 289. The number of hydrogen-bond donors (Lipinski definition) is 0. The van der Waals surface area contributed by atoms with Gasteiger partial charge in [0.15, 0.2) is 0 Å². The summed E-state index contributed by atoms with van der Waals surface area (Å²) >= 11 is 0. The molecule has 1 aliphatic rings. The lowest BCUT2D eigenvalue weighted by Crippen LogP contribution is -2.19. The normalized spacial score (nSPS) is 22.9. The van der Waals surface area contributed by atoms with Crippen LogP contribution in [0.15, 0.2) is 24.3 Å². The largest absolute Gasteiger partial charge is 0.299 e. The van der Waals surface area contributed by atoms with Gasteiger partial charge in [-0.2, -0.15) is 0 Å². The van der Waals surface area contributed by atoms with Crippen LogP contribution in [0.25, 0.3) is 0 Å². The highest BCUT2D eigenvalue weighted by atomic mass is 15.1. The first-order chi connectivity index (χ1) is 6.74. The van der Waals surface area contributed by atoms with E-state index in [9.17, 15) is 0 Å². The molecule has 0 aromatic heterocycles. The lowest BCUT2D eigenvalue weighted by molar-refractivity contribution is 0.320. The third-order valence-electron chi connectivity index (χ3n) is 2.89. The molecule has 0 aliphatic carbocycles. The minimum Gasteiger partial charge on any atom is -0.299 e. The van der Waals surface area contributed by atoms with Crippen molar-refractivity contribution in [1.29, 1.82) is 0 Å². The third kappa shape index (κ3) is 2.36. The van der Waals surface area contributed by atoms with Crippen LogP contribution in [0.3, 0.4) is 0 Å². The average Bonchev–Trinajstić information content (AvgIpc) is 2.56. The summed E-state index contributed by atoms with van der Waals surface area (Å²) in [4.78, 5) is 2.51. The molecule has 1 heteroatoms. The highest BCUT2D eigenvalue weighted by molar-refractivity contribution is 5.24. The molecule has 1 aromatic carbocycles. The lowest BCUT2D eigenvalue weighted by Gasteiger charge is -2.15. The summed E-state index contributed by atoms with van der Waals surface area (Å²) in [5.41, 5.74) is 2.22. The van der Waals surface area contributed by atoms with E-state index in [2.05, 4.69) is 24.0 Å². The van der Waals surface area contributed by atoms with Crippen molar-refractivity contribution in [2.75, 3.05) is 13.1 Å².